The second-order valence-electron chi connectivity index (χ2n) is 9.47. The lowest BCUT2D eigenvalue weighted by atomic mass is 9.98. The summed E-state index contributed by atoms with van der Waals surface area (Å²) >= 11 is 3.73. The highest BCUT2D eigenvalue weighted by Crippen LogP contribution is 2.34. The maximum absolute atomic E-state index is 4.96. The first kappa shape index (κ1) is 24.9. The van der Waals surface area contributed by atoms with Gasteiger partial charge < -0.3 is 0 Å². The van der Waals surface area contributed by atoms with Crippen LogP contribution in [0.1, 0.15) is 0 Å². The highest BCUT2D eigenvalue weighted by atomic mass is 79.9. The van der Waals surface area contributed by atoms with Crippen molar-refractivity contribution in [3.63, 3.8) is 0 Å². The highest BCUT2D eigenvalue weighted by Gasteiger charge is 2.15. The van der Waals surface area contributed by atoms with Gasteiger partial charge in [0, 0.05) is 57.5 Å². The molecule has 0 atom stereocenters. The van der Waals surface area contributed by atoms with Crippen LogP contribution in [0, 0.1) is 0 Å². The summed E-state index contributed by atoms with van der Waals surface area (Å²) in [6.45, 7) is 0. The van der Waals surface area contributed by atoms with E-state index in [1.807, 2.05) is 73.1 Å². The van der Waals surface area contributed by atoms with Crippen LogP contribution in [-0.2, 0) is 0 Å². The number of pyridine rings is 3. The Kier molecular flexibility index (Phi) is 6.55. The molecule has 4 aromatic heterocycles. The number of benzene rings is 3. The van der Waals surface area contributed by atoms with Crippen LogP contribution in [0.25, 0.3) is 67.3 Å². The van der Waals surface area contributed by atoms with E-state index in [2.05, 4.69) is 67.3 Å². The van der Waals surface area contributed by atoms with Crippen molar-refractivity contribution in [3.8, 4) is 56.4 Å². The standard InChI is InChI=1S/C34H21BrN6/c35-28-19-26(29-5-1-7-31-30(29)6-3-15-38-31)18-27(20-28)34-40-32(39-33(41-34)24-12-16-36-17-13-24)23-10-8-22(9-11-23)25-4-2-14-37-21-25/h1-21H. The SMILES string of the molecule is Brc1cc(-c2nc(-c3ccncc3)nc(-c3ccc(-c4cccnc4)cc3)n2)cc(-c2cccc3ncccc23)c1. The fourth-order valence-electron chi connectivity index (χ4n) is 4.84. The summed E-state index contributed by atoms with van der Waals surface area (Å²) in [7, 11) is 0. The van der Waals surface area contributed by atoms with Crippen molar-refractivity contribution in [2.45, 2.75) is 0 Å². The summed E-state index contributed by atoms with van der Waals surface area (Å²) in [4.78, 5) is 27.7. The fraction of sp³-hybridized carbons (Fsp3) is 0. The van der Waals surface area contributed by atoms with Crippen LogP contribution >= 0.6 is 15.9 Å². The van der Waals surface area contributed by atoms with Crippen LogP contribution in [0.4, 0.5) is 0 Å². The molecule has 0 radical (unpaired) electrons. The Balaban J connectivity index is 1.37. The van der Waals surface area contributed by atoms with E-state index >= 15 is 0 Å². The molecule has 0 bridgehead atoms. The number of hydrogen-bond donors (Lipinski definition) is 0. The Bertz CT molecular complexity index is 1990. The van der Waals surface area contributed by atoms with Crippen molar-refractivity contribution in [2.24, 2.45) is 0 Å². The molecule has 0 unspecified atom stereocenters. The first-order valence-corrected chi connectivity index (χ1v) is 13.8. The van der Waals surface area contributed by atoms with Crippen LogP contribution in [0.5, 0.6) is 0 Å². The maximum atomic E-state index is 4.96. The van der Waals surface area contributed by atoms with E-state index < -0.39 is 0 Å². The summed E-state index contributed by atoms with van der Waals surface area (Å²) in [5.74, 6) is 1.76. The summed E-state index contributed by atoms with van der Waals surface area (Å²) in [5, 5.41) is 1.08. The third kappa shape index (κ3) is 5.11. The quantitative estimate of drug-likeness (QED) is 0.200. The van der Waals surface area contributed by atoms with Crippen molar-refractivity contribution < 1.29 is 0 Å². The normalized spacial score (nSPS) is 11.0. The van der Waals surface area contributed by atoms with Gasteiger partial charge >= 0.3 is 0 Å². The van der Waals surface area contributed by atoms with Gasteiger partial charge in [0.15, 0.2) is 17.5 Å². The molecule has 4 heterocycles. The van der Waals surface area contributed by atoms with E-state index in [0.717, 1.165) is 54.3 Å². The third-order valence-corrected chi connectivity index (χ3v) is 7.28. The van der Waals surface area contributed by atoms with Gasteiger partial charge in [-0.15, -0.1) is 0 Å². The zero-order valence-corrected chi connectivity index (χ0v) is 23.3. The predicted molar refractivity (Wildman–Crippen MR) is 166 cm³/mol. The van der Waals surface area contributed by atoms with Crippen LogP contribution in [-0.4, -0.2) is 29.9 Å². The van der Waals surface area contributed by atoms with Crippen molar-refractivity contribution in [1.29, 1.82) is 0 Å². The van der Waals surface area contributed by atoms with E-state index in [4.69, 9.17) is 15.0 Å². The zero-order valence-electron chi connectivity index (χ0n) is 21.7. The van der Waals surface area contributed by atoms with Crippen molar-refractivity contribution in [1.82, 2.24) is 29.9 Å². The lowest BCUT2D eigenvalue weighted by molar-refractivity contribution is 1.07. The monoisotopic (exact) mass is 592 g/mol. The number of rotatable bonds is 5. The number of hydrogen-bond acceptors (Lipinski definition) is 6. The largest absolute Gasteiger partial charge is 0.265 e. The van der Waals surface area contributed by atoms with Crippen LogP contribution < -0.4 is 0 Å². The molecule has 3 aromatic carbocycles. The van der Waals surface area contributed by atoms with Gasteiger partial charge in [-0.25, -0.2) is 15.0 Å². The first-order chi connectivity index (χ1) is 20.2. The number of halogens is 1. The van der Waals surface area contributed by atoms with Gasteiger partial charge in [0.2, 0.25) is 0 Å². The Morgan fingerprint density at radius 2 is 1.15 bits per heavy atom. The molecular weight excluding hydrogens is 572 g/mol. The minimum absolute atomic E-state index is 0.582. The van der Waals surface area contributed by atoms with E-state index in [9.17, 15) is 0 Å². The molecule has 6 nitrogen and oxygen atoms in total. The van der Waals surface area contributed by atoms with E-state index in [-0.39, 0.29) is 0 Å². The van der Waals surface area contributed by atoms with E-state index in [1.165, 1.54) is 0 Å². The van der Waals surface area contributed by atoms with Crippen molar-refractivity contribution in [2.75, 3.05) is 0 Å². The molecule has 194 valence electrons. The van der Waals surface area contributed by atoms with E-state index in [0.29, 0.717) is 17.5 Å². The van der Waals surface area contributed by atoms with Gasteiger partial charge in [-0.05, 0) is 70.8 Å². The Morgan fingerprint density at radius 1 is 0.463 bits per heavy atom. The minimum atomic E-state index is 0.582. The molecule has 0 spiro atoms. The molecule has 0 saturated heterocycles. The molecule has 0 N–H and O–H groups in total. The van der Waals surface area contributed by atoms with Crippen LogP contribution in [0.3, 0.4) is 0 Å². The minimum Gasteiger partial charge on any atom is -0.265 e. The zero-order chi connectivity index (χ0) is 27.6. The van der Waals surface area contributed by atoms with Gasteiger partial charge in [0.05, 0.1) is 5.52 Å². The predicted octanol–water partition coefficient (Wildman–Crippen LogP) is 8.31. The molecule has 0 saturated carbocycles. The summed E-state index contributed by atoms with van der Waals surface area (Å²) < 4.78 is 0.930. The Hall–Kier alpha value is -5.14. The molecule has 0 aliphatic rings. The van der Waals surface area contributed by atoms with Crippen LogP contribution in [0.2, 0.25) is 0 Å². The molecule has 41 heavy (non-hydrogen) atoms. The van der Waals surface area contributed by atoms with E-state index in [1.54, 1.807) is 18.6 Å². The van der Waals surface area contributed by atoms with Crippen molar-refractivity contribution >= 4 is 26.8 Å². The van der Waals surface area contributed by atoms with Crippen LogP contribution in [0.15, 0.2) is 133 Å². The number of fused-ring (bicyclic) bond motifs is 1. The number of nitrogens with zero attached hydrogens (tertiary/aromatic N) is 6. The molecule has 0 fully saturated rings. The Labute approximate surface area is 245 Å². The Morgan fingerprint density at radius 3 is 1.90 bits per heavy atom. The summed E-state index contributed by atoms with van der Waals surface area (Å²) in [6, 6.07) is 32.5. The topological polar surface area (TPSA) is 77.3 Å². The second-order valence-corrected chi connectivity index (χ2v) is 10.4. The lowest BCUT2D eigenvalue weighted by Crippen LogP contribution is -2.00. The van der Waals surface area contributed by atoms with Gasteiger partial charge in [-0.3, -0.25) is 15.0 Å². The summed E-state index contributed by atoms with van der Waals surface area (Å²) in [5.41, 5.74) is 7.85. The van der Waals surface area contributed by atoms with Gasteiger partial charge in [-0.1, -0.05) is 64.5 Å². The van der Waals surface area contributed by atoms with Crippen molar-refractivity contribution in [3.05, 3.63) is 133 Å². The van der Waals surface area contributed by atoms with Gasteiger partial charge in [0.1, 0.15) is 0 Å². The van der Waals surface area contributed by atoms with Gasteiger partial charge in [-0.2, -0.15) is 0 Å². The molecule has 7 aromatic rings. The average molecular weight is 593 g/mol. The molecule has 0 aliphatic carbocycles. The smallest absolute Gasteiger partial charge is 0.164 e. The molecule has 7 rings (SSSR count). The molecular formula is C34H21BrN6. The first-order valence-electron chi connectivity index (χ1n) is 13.0. The maximum Gasteiger partial charge on any atom is 0.164 e. The highest BCUT2D eigenvalue weighted by molar-refractivity contribution is 9.10. The molecule has 0 amide bonds. The third-order valence-electron chi connectivity index (χ3n) is 6.82. The fourth-order valence-corrected chi connectivity index (χ4v) is 5.33. The second kappa shape index (κ2) is 10.8. The average Bonchev–Trinajstić information content (AvgIpc) is 3.05. The molecule has 0 aliphatic heterocycles. The lowest BCUT2D eigenvalue weighted by Gasteiger charge is -2.12. The van der Waals surface area contributed by atoms with Gasteiger partial charge in [0.25, 0.3) is 0 Å². The summed E-state index contributed by atoms with van der Waals surface area (Å²) in [6.07, 6.45) is 8.93. The molecule has 7 heteroatoms. The number of aromatic nitrogens is 6.